The van der Waals surface area contributed by atoms with Crippen molar-refractivity contribution < 1.29 is 18.0 Å². The predicted octanol–water partition coefficient (Wildman–Crippen LogP) is 2.48. The van der Waals surface area contributed by atoms with E-state index in [1.54, 1.807) is 24.3 Å². The summed E-state index contributed by atoms with van der Waals surface area (Å²) in [5, 5.41) is 3.26. The molecule has 0 saturated carbocycles. The summed E-state index contributed by atoms with van der Waals surface area (Å²) >= 11 is 5.80. The van der Waals surface area contributed by atoms with Crippen LogP contribution in [-0.2, 0) is 21.4 Å². The summed E-state index contributed by atoms with van der Waals surface area (Å²) in [6, 6.07) is 12.6. The van der Waals surface area contributed by atoms with Gasteiger partial charge in [-0.1, -0.05) is 35.9 Å². The normalized spacial score (nSPS) is 11.4. The van der Waals surface area contributed by atoms with Crippen LogP contribution in [0.3, 0.4) is 0 Å². The maximum absolute atomic E-state index is 12.5. The highest BCUT2D eigenvalue weighted by Crippen LogP contribution is 2.15. The van der Waals surface area contributed by atoms with Crippen LogP contribution in [0.5, 0.6) is 0 Å². The molecule has 2 aromatic rings. The maximum Gasteiger partial charge on any atom is 0.243 e. The van der Waals surface area contributed by atoms with Gasteiger partial charge in [-0.3, -0.25) is 9.59 Å². The van der Waals surface area contributed by atoms with Gasteiger partial charge in [0.25, 0.3) is 0 Å². The Bertz CT molecular complexity index is 894. The second-order valence-corrected chi connectivity index (χ2v) is 8.23. The van der Waals surface area contributed by atoms with Gasteiger partial charge in [-0.25, -0.2) is 8.42 Å². The van der Waals surface area contributed by atoms with Gasteiger partial charge >= 0.3 is 0 Å². The first-order valence-corrected chi connectivity index (χ1v) is 9.60. The van der Waals surface area contributed by atoms with Crippen molar-refractivity contribution in [3.05, 3.63) is 64.7 Å². The second-order valence-electron chi connectivity index (χ2n) is 5.74. The Balaban J connectivity index is 1.98. The number of carbonyl (C=O) groups is 2. The summed E-state index contributed by atoms with van der Waals surface area (Å²) in [4.78, 5) is 23.3. The molecule has 0 aliphatic carbocycles. The zero-order valence-electron chi connectivity index (χ0n) is 14.4. The molecule has 0 saturated heterocycles. The molecule has 6 nitrogen and oxygen atoms in total. The lowest BCUT2D eigenvalue weighted by atomic mass is 10.2. The number of likely N-dealkylation sites (N-methyl/N-ethyl adjacent to an activating group) is 1. The molecule has 0 heterocycles. The third-order valence-corrected chi connectivity index (χ3v) is 5.81. The van der Waals surface area contributed by atoms with Crippen molar-refractivity contribution in [1.29, 1.82) is 0 Å². The molecule has 0 unspecified atom stereocenters. The van der Waals surface area contributed by atoms with Crippen molar-refractivity contribution in [1.82, 2.24) is 9.62 Å². The summed E-state index contributed by atoms with van der Waals surface area (Å²) in [7, 11) is -2.49. The third kappa shape index (κ3) is 5.14. The van der Waals surface area contributed by atoms with Crippen molar-refractivity contribution in [2.45, 2.75) is 18.4 Å². The van der Waals surface area contributed by atoms with E-state index in [0.29, 0.717) is 10.6 Å². The Hall–Kier alpha value is -2.22. The van der Waals surface area contributed by atoms with E-state index in [1.165, 1.54) is 38.2 Å². The number of hydrogen-bond donors (Lipinski definition) is 1. The number of ketones is 1. The number of rotatable bonds is 7. The lowest BCUT2D eigenvalue weighted by Crippen LogP contribution is -2.38. The molecule has 0 aliphatic heterocycles. The van der Waals surface area contributed by atoms with Gasteiger partial charge < -0.3 is 5.32 Å². The topological polar surface area (TPSA) is 83.6 Å². The fourth-order valence-corrected chi connectivity index (χ4v) is 3.44. The standard InChI is InChI=1S/C18H19ClN2O4S/c1-13(22)15-5-9-17(10-6-15)26(24,25)21(2)12-18(23)20-11-14-3-7-16(19)8-4-14/h3-10H,11-12H2,1-2H3,(H,20,23). The largest absolute Gasteiger partial charge is 0.351 e. The van der Waals surface area contributed by atoms with Crippen LogP contribution in [0.4, 0.5) is 0 Å². The second kappa shape index (κ2) is 8.44. The number of Topliss-reactive ketones (excluding diaryl/α,β-unsaturated/α-hetero) is 1. The lowest BCUT2D eigenvalue weighted by molar-refractivity contribution is -0.121. The first-order valence-electron chi connectivity index (χ1n) is 7.78. The van der Waals surface area contributed by atoms with Crippen LogP contribution < -0.4 is 5.32 Å². The van der Waals surface area contributed by atoms with Crippen LogP contribution in [0.25, 0.3) is 0 Å². The molecule has 0 bridgehead atoms. The quantitative estimate of drug-likeness (QED) is 0.731. The van der Waals surface area contributed by atoms with Gasteiger partial charge in [0, 0.05) is 24.2 Å². The lowest BCUT2D eigenvalue weighted by Gasteiger charge is -2.17. The van der Waals surface area contributed by atoms with Gasteiger partial charge in [0.2, 0.25) is 15.9 Å². The van der Waals surface area contributed by atoms with Gasteiger partial charge in [0.05, 0.1) is 11.4 Å². The molecular weight excluding hydrogens is 376 g/mol. The predicted molar refractivity (Wildman–Crippen MR) is 99.6 cm³/mol. The van der Waals surface area contributed by atoms with Crippen LogP contribution in [-0.4, -0.2) is 38.0 Å². The van der Waals surface area contributed by atoms with Crippen molar-refractivity contribution in [3.63, 3.8) is 0 Å². The van der Waals surface area contributed by atoms with Crippen molar-refractivity contribution in [3.8, 4) is 0 Å². The van der Waals surface area contributed by atoms with Crippen LogP contribution in [0.15, 0.2) is 53.4 Å². The number of amides is 1. The highest BCUT2D eigenvalue weighted by molar-refractivity contribution is 7.89. The number of carbonyl (C=O) groups excluding carboxylic acids is 2. The maximum atomic E-state index is 12.5. The van der Waals surface area contributed by atoms with Crippen molar-refractivity contribution in [2.75, 3.05) is 13.6 Å². The molecule has 2 rings (SSSR count). The molecular formula is C18H19ClN2O4S. The van der Waals surface area contributed by atoms with Gasteiger partial charge in [0.15, 0.2) is 5.78 Å². The third-order valence-electron chi connectivity index (χ3n) is 3.74. The van der Waals surface area contributed by atoms with E-state index in [1.807, 2.05) is 0 Å². The highest BCUT2D eigenvalue weighted by atomic mass is 35.5. The van der Waals surface area contributed by atoms with Gasteiger partial charge in [-0.15, -0.1) is 0 Å². The molecule has 138 valence electrons. The molecule has 2 aromatic carbocycles. The van der Waals surface area contributed by atoms with E-state index >= 15 is 0 Å². The number of nitrogens with one attached hydrogen (secondary N) is 1. The van der Waals surface area contributed by atoms with E-state index in [4.69, 9.17) is 11.6 Å². The minimum absolute atomic E-state index is 0.0236. The van der Waals surface area contributed by atoms with Crippen LogP contribution >= 0.6 is 11.6 Å². The molecule has 0 radical (unpaired) electrons. The molecule has 1 N–H and O–H groups in total. The van der Waals surface area contributed by atoms with Gasteiger partial charge in [0.1, 0.15) is 0 Å². The molecule has 0 spiro atoms. The summed E-state index contributed by atoms with van der Waals surface area (Å²) in [5.74, 6) is -0.574. The summed E-state index contributed by atoms with van der Waals surface area (Å²) < 4.78 is 26.0. The van der Waals surface area contributed by atoms with Crippen molar-refractivity contribution >= 4 is 33.3 Å². The fourth-order valence-electron chi connectivity index (χ4n) is 2.19. The first kappa shape index (κ1) is 20.1. The Labute approximate surface area is 157 Å². The van der Waals surface area contributed by atoms with E-state index < -0.39 is 15.9 Å². The number of nitrogens with zero attached hydrogens (tertiary/aromatic N) is 1. The van der Waals surface area contributed by atoms with E-state index in [0.717, 1.165) is 9.87 Å². The molecule has 0 aliphatic rings. The van der Waals surface area contributed by atoms with Crippen LogP contribution in [0.2, 0.25) is 5.02 Å². The SMILES string of the molecule is CC(=O)c1ccc(S(=O)(=O)N(C)CC(=O)NCc2ccc(Cl)cc2)cc1. The summed E-state index contributed by atoms with van der Waals surface area (Å²) in [6.07, 6.45) is 0. The van der Waals surface area contributed by atoms with Gasteiger partial charge in [-0.05, 0) is 36.8 Å². The summed E-state index contributed by atoms with van der Waals surface area (Å²) in [6.45, 7) is 1.36. The first-order chi connectivity index (χ1) is 12.2. The highest BCUT2D eigenvalue weighted by Gasteiger charge is 2.23. The minimum atomic E-state index is -3.82. The molecule has 0 aromatic heterocycles. The number of benzene rings is 2. The zero-order chi connectivity index (χ0) is 19.3. The zero-order valence-corrected chi connectivity index (χ0v) is 16.0. The number of sulfonamides is 1. The smallest absolute Gasteiger partial charge is 0.243 e. The molecule has 8 heteroatoms. The van der Waals surface area contributed by atoms with Crippen molar-refractivity contribution in [2.24, 2.45) is 0 Å². The monoisotopic (exact) mass is 394 g/mol. The molecule has 0 fully saturated rings. The van der Waals surface area contributed by atoms with E-state index in [2.05, 4.69) is 5.32 Å². The molecule has 26 heavy (non-hydrogen) atoms. The Morgan fingerprint density at radius 2 is 1.62 bits per heavy atom. The minimum Gasteiger partial charge on any atom is -0.351 e. The van der Waals surface area contributed by atoms with Crippen LogP contribution in [0, 0.1) is 0 Å². The van der Waals surface area contributed by atoms with Crippen LogP contribution in [0.1, 0.15) is 22.8 Å². The Morgan fingerprint density at radius 1 is 1.04 bits per heavy atom. The summed E-state index contributed by atoms with van der Waals surface area (Å²) in [5.41, 5.74) is 1.28. The fraction of sp³-hybridized carbons (Fsp3) is 0.222. The number of hydrogen-bond acceptors (Lipinski definition) is 4. The van der Waals surface area contributed by atoms with E-state index in [-0.39, 0.29) is 23.8 Å². The molecule has 1 amide bonds. The molecule has 0 atom stereocenters. The Kier molecular flexibility index (Phi) is 6.52. The van der Waals surface area contributed by atoms with Gasteiger partial charge in [-0.2, -0.15) is 4.31 Å². The van der Waals surface area contributed by atoms with E-state index in [9.17, 15) is 18.0 Å². The average molecular weight is 395 g/mol. The Morgan fingerprint density at radius 3 is 2.15 bits per heavy atom. The average Bonchev–Trinajstić information content (AvgIpc) is 2.61. The number of halogens is 1.